The first-order chi connectivity index (χ1) is 6.83. The first-order valence-corrected chi connectivity index (χ1v) is 4.39. The third-order valence-corrected chi connectivity index (χ3v) is 2.09. The molecule has 0 saturated carbocycles. The minimum atomic E-state index is -0.0301. The van der Waals surface area contributed by atoms with Crippen LogP contribution in [0.2, 0.25) is 0 Å². The van der Waals surface area contributed by atoms with E-state index in [1.807, 2.05) is 30.3 Å². The van der Waals surface area contributed by atoms with E-state index in [1.165, 1.54) is 0 Å². The lowest BCUT2D eigenvalue weighted by Gasteiger charge is -2.09. The van der Waals surface area contributed by atoms with E-state index in [4.69, 9.17) is 0 Å². The number of nitrogens with one attached hydrogen (secondary N) is 1. The van der Waals surface area contributed by atoms with Gasteiger partial charge in [0.25, 0.3) is 0 Å². The summed E-state index contributed by atoms with van der Waals surface area (Å²) in [5, 5.41) is 6.51. The number of carbonyl (C=O) groups is 1. The molecule has 4 heteroatoms. The summed E-state index contributed by atoms with van der Waals surface area (Å²) < 4.78 is 0. The molecule has 3 nitrogen and oxygen atoms in total. The van der Waals surface area contributed by atoms with Crippen LogP contribution in [0.1, 0.15) is 15.9 Å². The van der Waals surface area contributed by atoms with Gasteiger partial charge in [0.05, 0.1) is 0 Å². The fourth-order valence-corrected chi connectivity index (χ4v) is 1.44. The maximum Gasteiger partial charge on any atom is 0.237 e. The summed E-state index contributed by atoms with van der Waals surface area (Å²) in [6, 6.07) is 7.50. The van der Waals surface area contributed by atoms with Crippen molar-refractivity contribution < 1.29 is 4.79 Å². The van der Waals surface area contributed by atoms with E-state index in [2.05, 4.69) is 10.4 Å². The van der Waals surface area contributed by atoms with Crippen LogP contribution in [0.5, 0.6) is 0 Å². The lowest BCUT2D eigenvalue weighted by Crippen LogP contribution is -2.19. The Morgan fingerprint density at radius 1 is 1.21 bits per heavy atom. The van der Waals surface area contributed by atoms with Crippen LogP contribution in [0.15, 0.2) is 35.4 Å². The van der Waals surface area contributed by atoms with Gasteiger partial charge in [0.1, 0.15) is 5.71 Å². The van der Waals surface area contributed by atoms with Crippen LogP contribution in [0.25, 0.3) is 6.08 Å². The molecule has 1 aliphatic rings. The van der Waals surface area contributed by atoms with Crippen LogP contribution in [-0.2, 0) is 0 Å². The van der Waals surface area contributed by atoms with E-state index in [0.29, 0.717) is 11.3 Å². The molecule has 0 fully saturated rings. The summed E-state index contributed by atoms with van der Waals surface area (Å²) in [4.78, 5) is 11.8. The Morgan fingerprint density at radius 2 is 2.00 bits per heavy atom. The Kier molecular flexibility index (Phi) is 2.19. The molecule has 0 unspecified atom stereocenters. The number of allylic oxidation sites excluding steroid dienone is 1. The van der Waals surface area contributed by atoms with Gasteiger partial charge in [0.15, 0.2) is 0 Å². The molecule has 1 aliphatic carbocycles. The second kappa shape index (κ2) is 3.50. The molecular formula is C10H9BN2O. The summed E-state index contributed by atoms with van der Waals surface area (Å²) in [5.74, 6) is -0.0301. The number of rotatable bonds is 1. The number of hydrogen-bond donors (Lipinski definition) is 1. The highest BCUT2D eigenvalue weighted by atomic mass is 16.1. The molecule has 0 atom stereocenters. The second-order valence-electron chi connectivity index (χ2n) is 2.97. The summed E-state index contributed by atoms with van der Waals surface area (Å²) >= 11 is 0. The predicted molar refractivity (Wildman–Crippen MR) is 58.9 cm³/mol. The zero-order valence-electron chi connectivity index (χ0n) is 7.82. The molecule has 0 amide bonds. The summed E-state index contributed by atoms with van der Waals surface area (Å²) in [7, 11) is 1.68. The molecule has 14 heavy (non-hydrogen) atoms. The quantitative estimate of drug-likeness (QED) is 0.506. The monoisotopic (exact) mass is 184 g/mol. The van der Waals surface area contributed by atoms with Crippen LogP contribution in [0.3, 0.4) is 0 Å². The van der Waals surface area contributed by atoms with Gasteiger partial charge in [-0.2, -0.15) is 5.10 Å². The van der Waals surface area contributed by atoms with E-state index in [-0.39, 0.29) is 5.78 Å². The Morgan fingerprint density at radius 3 is 2.79 bits per heavy atom. The van der Waals surface area contributed by atoms with E-state index in [1.54, 1.807) is 14.1 Å². The number of hydrazone groups is 1. The van der Waals surface area contributed by atoms with E-state index in [0.717, 1.165) is 5.56 Å². The molecular weight excluding hydrogens is 175 g/mol. The largest absolute Gasteiger partial charge is 0.361 e. The van der Waals surface area contributed by atoms with E-state index >= 15 is 0 Å². The topological polar surface area (TPSA) is 41.5 Å². The van der Waals surface area contributed by atoms with Crippen molar-refractivity contribution in [2.45, 2.75) is 0 Å². The van der Waals surface area contributed by atoms with Gasteiger partial charge in [-0.15, -0.1) is 0 Å². The van der Waals surface area contributed by atoms with Crippen molar-refractivity contribution in [3.05, 3.63) is 41.5 Å². The van der Waals surface area contributed by atoms with Crippen LogP contribution >= 0.6 is 0 Å². The number of fused-ring (bicyclic) bond motifs is 1. The van der Waals surface area contributed by atoms with Crippen molar-refractivity contribution in [3.8, 4) is 0 Å². The predicted octanol–water partition coefficient (Wildman–Crippen LogP) is 0.390. The van der Waals surface area contributed by atoms with Crippen LogP contribution in [-0.4, -0.2) is 19.5 Å². The highest BCUT2D eigenvalue weighted by molar-refractivity contribution is 6.52. The number of carbonyl (C=O) groups excluding carboxylic acids is 1. The molecule has 1 aromatic carbocycles. The second-order valence-corrected chi connectivity index (χ2v) is 2.97. The molecule has 0 spiro atoms. The number of Topliss-reactive ketones (excluding diaryl/α,β-unsaturated/α-hetero) is 1. The molecule has 1 N–H and O–H groups in total. The van der Waals surface area contributed by atoms with E-state index in [9.17, 15) is 4.79 Å². The van der Waals surface area contributed by atoms with Crippen molar-refractivity contribution >= 4 is 25.6 Å². The molecule has 0 heterocycles. The maximum absolute atomic E-state index is 11.8. The molecule has 2 rings (SSSR count). The fraction of sp³-hybridized carbons (Fsp3) is 0. The smallest absolute Gasteiger partial charge is 0.237 e. The number of ketones is 1. The first kappa shape index (κ1) is 8.75. The minimum Gasteiger partial charge on any atom is -0.361 e. The van der Waals surface area contributed by atoms with Gasteiger partial charge in [-0.3, -0.25) is 4.79 Å². The minimum absolute atomic E-state index is 0.0301. The van der Waals surface area contributed by atoms with Crippen molar-refractivity contribution in [1.29, 1.82) is 0 Å². The normalized spacial score (nSPS) is 16.9. The average molecular weight is 184 g/mol. The Bertz CT molecular complexity index is 438. The van der Waals surface area contributed by atoms with Gasteiger partial charge in [-0.05, 0) is 11.6 Å². The fourth-order valence-electron chi connectivity index (χ4n) is 1.44. The van der Waals surface area contributed by atoms with Gasteiger partial charge in [-0.25, -0.2) is 0 Å². The zero-order chi connectivity index (χ0) is 9.97. The molecule has 68 valence electrons. The lowest BCUT2D eigenvalue weighted by molar-refractivity contribution is 0.106. The Hall–Kier alpha value is -1.84. The van der Waals surface area contributed by atoms with Crippen molar-refractivity contribution in [2.75, 3.05) is 0 Å². The summed E-state index contributed by atoms with van der Waals surface area (Å²) in [5.41, 5.74) is 2.11. The van der Waals surface area contributed by atoms with Gasteiger partial charge in [0.2, 0.25) is 13.8 Å². The van der Waals surface area contributed by atoms with Gasteiger partial charge in [0, 0.05) is 5.56 Å². The number of benzene rings is 1. The molecule has 0 bridgehead atoms. The summed E-state index contributed by atoms with van der Waals surface area (Å²) in [6.07, 6.45) is 3.62. The van der Waals surface area contributed by atoms with Gasteiger partial charge in [-0.1, -0.05) is 30.3 Å². The SMILES string of the molecule is BN/N=C1/C=Cc2ccccc2C1=O. The van der Waals surface area contributed by atoms with Crippen LogP contribution in [0, 0.1) is 0 Å². The van der Waals surface area contributed by atoms with Crippen molar-refractivity contribution in [2.24, 2.45) is 5.10 Å². The number of hydrogen-bond acceptors (Lipinski definition) is 3. The average Bonchev–Trinajstić information content (AvgIpc) is 2.23. The number of nitrogens with zero attached hydrogens (tertiary/aromatic N) is 1. The van der Waals surface area contributed by atoms with Gasteiger partial charge >= 0.3 is 0 Å². The highest BCUT2D eigenvalue weighted by Crippen LogP contribution is 2.16. The summed E-state index contributed by atoms with van der Waals surface area (Å²) in [6.45, 7) is 0. The molecule has 1 aromatic rings. The Labute approximate surface area is 82.9 Å². The third kappa shape index (κ3) is 1.35. The molecule has 0 saturated heterocycles. The van der Waals surface area contributed by atoms with Crippen LogP contribution < -0.4 is 5.34 Å². The molecule has 0 radical (unpaired) electrons. The first-order valence-electron chi connectivity index (χ1n) is 4.39. The third-order valence-electron chi connectivity index (χ3n) is 2.09. The van der Waals surface area contributed by atoms with Crippen LogP contribution in [0.4, 0.5) is 0 Å². The molecule has 0 aliphatic heterocycles. The van der Waals surface area contributed by atoms with E-state index < -0.39 is 0 Å². The van der Waals surface area contributed by atoms with Crippen molar-refractivity contribution in [1.82, 2.24) is 5.34 Å². The van der Waals surface area contributed by atoms with Gasteiger partial charge < -0.3 is 5.34 Å². The standard InChI is InChI=1S/C10H9BN2O/c11-13-12-9-6-5-7-3-1-2-4-8(7)10(9)14/h1-6,13H,11H2/b12-9-. The Balaban J connectivity index is 2.50. The van der Waals surface area contributed by atoms with Crippen molar-refractivity contribution in [3.63, 3.8) is 0 Å². The highest BCUT2D eigenvalue weighted by Gasteiger charge is 2.18. The lowest BCUT2D eigenvalue weighted by atomic mass is 9.95. The zero-order valence-corrected chi connectivity index (χ0v) is 7.82. The molecule has 0 aromatic heterocycles. The maximum atomic E-state index is 11.8.